The van der Waals surface area contributed by atoms with Crippen molar-refractivity contribution in [1.82, 2.24) is 9.78 Å². The molecular weight excluding hydrogens is 300 g/mol. The van der Waals surface area contributed by atoms with E-state index in [-0.39, 0.29) is 17.8 Å². The lowest BCUT2D eigenvalue weighted by atomic mass is 9.96. The number of nitriles is 1. The highest BCUT2D eigenvalue weighted by atomic mass is 19.4. The number of nitrogens with zero attached hydrogens (tertiary/aromatic N) is 3. The molecule has 22 heavy (non-hydrogen) atoms. The lowest BCUT2D eigenvalue weighted by Gasteiger charge is -2.33. The second-order valence-corrected chi connectivity index (χ2v) is 5.00. The van der Waals surface area contributed by atoms with Gasteiger partial charge in [0, 0.05) is 6.42 Å². The van der Waals surface area contributed by atoms with Gasteiger partial charge in [0.2, 0.25) is 0 Å². The van der Waals surface area contributed by atoms with Gasteiger partial charge in [-0.25, -0.2) is 9.07 Å². The Morgan fingerprint density at radius 3 is 2.55 bits per heavy atom. The zero-order valence-corrected chi connectivity index (χ0v) is 11.1. The first-order valence-corrected chi connectivity index (χ1v) is 6.46. The fourth-order valence-corrected chi connectivity index (χ4v) is 2.56. The van der Waals surface area contributed by atoms with Crippen molar-refractivity contribution >= 4 is 5.82 Å². The minimum Gasteiger partial charge on any atom is -0.362 e. The Hall–Kier alpha value is -2.56. The molecule has 0 amide bonds. The quantitative estimate of drug-likeness (QED) is 0.820. The van der Waals surface area contributed by atoms with Gasteiger partial charge in [-0.15, -0.1) is 0 Å². The number of hydrogen-bond acceptors (Lipinski definition) is 3. The summed E-state index contributed by atoms with van der Waals surface area (Å²) in [5.74, 6) is -0.430. The van der Waals surface area contributed by atoms with Crippen LogP contribution in [-0.4, -0.2) is 16.0 Å². The number of halogens is 4. The molecule has 0 aliphatic carbocycles. The van der Waals surface area contributed by atoms with Gasteiger partial charge in [-0.1, -0.05) is 12.1 Å². The van der Waals surface area contributed by atoms with E-state index >= 15 is 0 Å². The van der Waals surface area contributed by atoms with Crippen LogP contribution in [0.2, 0.25) is 0 Å². The monoisotopic (exact) mass is 310 g/mol. The summed E-state index contributed by atoms with van der Waals surface area (Å²) in [6.07, 6.45) is -3.67. The van der Waals surface area contributed by atoms with Gasteiger partial charge in [-0.2, -0.15) is 23.5 Å². The zero-order chi connectivity index (χ0) is 15.9. The highest BCUT2D eigenvalue weighted by molar-refractivity contribution is 5.54. The highest BCUT2D eigenvalue weighted by Crippen LogP contribution is 2.44. The number of rotatable bonds is 1. The number of aromatic nitrogens is 2. The average molecular weight is 310 g/mol. The molecule has 2 aromatic rings. The van der Waals surface area contributed by atoms with Crippen LogP contribution in [0.25, 0.3) is 0 Å². The molecule has 114 valence electrons. The van der Waals surface area contributed by atoms with Crippen LogP contribution in [0.5, 0.6) is 0 Å². The number of anilines is 1. The molecule has 0 unspecified atom stereocenters. The Balaban J connectivity index is 2.03. The number of hydrogen-bond donors (Lipinski definition) is 1. The van der Waals surface area contributed by atoms with Crippen molar-refractivity contribution in [2.24, 2.45) is 0 Å². The molecule has 4 nitrogen and oxygen atoms in total. The molecule has 1 aliphatic heterocycles. The standard InChI is InChI=1S/C14H10F4N4/c15-10-3-1-8(2-4-10)11-5-12(14(16,17)18)22-13(21-11)9(6-19)7-20-22/h1-4,7,11-12,21H,5H2/t11-,12+/m1/s1. The summed E-state index contributed by atoms with van der Waals surface area (Å²) in [7, 11) is 0. The first kappa shape index (κ1) is 14.4. The van der Waals surface area contributed by atoms with Crippen LogP contribution in [-0.2, 0) is 0 Å². The second kappa shape index (κ2) is 5.02. The summed E-state index contributed by atoms with van der Waals surface area (Å²) < 4.78 is 53.5. The average Bonchev–Trinajstić information content (AvgIpc) is 2.88. The van der Waals surface area contributed by atoms with E-state index in [4.69, 9.17) is 5.26 Å². The SMILES string of the molecule is N#Cc1cnn2c1N[C@@H](c1ccc(F)cc1)C[C@H]2C(F)(F)F. The van der Waals surface area contributed by atoms with Crippen LogP contribution in [0, 0.1) is 17.1 Å². The summed E-state index contributed by atoms with van der Waals surface area (Å²) >= 11 is 0. The fraction of sp³-hybridized carbons (Fsp3) is 0.286. The van der Waals surface area contributed by atoms with Gasteiger partial charge >= 0.3 is 6.18 Å². The zero-order valence-electron chi connectivity index (χ0n) is 11.1. The number of alkyl halides is 3. The van der Waals surface area contributed by atoms with Crippen molar-refractivity contribution in [1.29, 1.82) is 5.26 Å². The summed E-state index contributed by atoms with van der Waals surface area (Å²) in [5, 5.41) is 15.5. The number of nitrogens with one attached hydrogen (secondary N) is 1. The van der Waals surface area contributed by atoms with E-state index in [1.165, 1.54) is 24.3 Å². The Bertz CT molecular complexity index is 727. The topological polar surface area (TPSA) is 53.6 Å². The summed E-state index contributed by atoms with van der Waals surface area (Å²) in [6, 6.07) is 4.55. The molecule has 1 N–H and O–H groups in total. The first-order valence-electron chi connectivity index (χ1n) is 6.46. The van der Waals surface area contributed by atoms with Gasteiger partial charge in [0.15, 0.2) is 6.04 Å². The minimum atomic E-state index is -4.49. The number of fused-ring (bicyclic) bond motifs is 1. The fourth-order valence-electron chi connectivity index (χ4n) is 2.56. The van der Waals surface area contributed by atoms with Crippen LogP contribution in [0.4, 0.5) is 23.4 Å². The van der Waals surface area contributed by atoms with Crippen molar-refractivity contribution in [3.63, 3.8) is 0 Å². The van der Waals surface area contributed by atoms with Crippen molar-refractivity contribution in [2.75, 3.05) is 5.32 Å². The normalized spacial score (nSPS) is 20.9. The summed E-state index contributed by atoms with van der Waals surface area (Å²) in [6.45, 7) is 0. The van der Waals surface area contributed by atoms with E-state index < -0.39 is 24.1 Å². The van der Waals surface area contributed by atoms with Crippen LogP contribution in [0.1, 0.15) is 29.6 Å². The van der Waals surface area contributed by atoms with Crippen molar-refractivity contribution in [3.8, 4) is 6.07 Å². The molecule has 8 heteroatoms. The van der Waals surface area contributed by atoms with Crippen molar-refractivity contribution < 1.29 is 17.6 Å². The molecule has 0 saturated carbocycles. The maximum absolute atomic E-state index is 13.3. The van der Waals surface area contributed by atoms with Crippen LogP contribution < -0.4 is 5.32 Å². The third-order valence-corrected chi connectivity index (χ3v) is 3.63. The molecule has 2 atom stereocenters. The first-order chi connectivity index (χ1) is 10.4. The van der Waals surface area contributed by atoms with Gasteiger partial charge in [0.05, 0.1) is 12.2 Å². The Morgan fingerprint density at radius 1 is 1.27 bits per heavy atom. The predicted octanol–water partition coefficient (Wildman–Crippen LogP) is 3.55. The molecule has 1 aromatic carbocycles. The predicted molar refractivity (Wildman–Crippen MR) is 69.4 cm³/mol. The third-order valence-electron chi connectivity index (χ3n) is 3.63. The van der Waals surface area contributed by atoms with Gasteiger partial charge < -0.3 is 5.32 Å². The lowest BCUT2D eigenvalue weighted by molar-refractivity contribution is -0.173. The molecule has 0 fully saturated rings. The lowest BCUT2D eigenvalue weighted by Crippen LogP contribution is -2.35. The maximum Gasteiger partial charge on any atom is 0.410 e. The Morgan fingerprint density at radius 2 is 1.95 bits per heavy atom. The van der Waals surface area contributed by atoms with Gasteiger partial charge in [-0.05, 0) is 17.7 Å². The molecule has 2 heterocycles. The molecule has 0 bridgehead atoms. The molecule has 0 spiro atoms. The molecule has 1 aliphatic rings. The van der Waals surface area contributed by atoms with Gasteiger partial charge in [0.25, 0.3) is 0 Å². The van der Waals surface area contributed by atoms with Gasteiger partial charge in [0.1, 0.15) is 23.3 Å². The largest absolute Gasteiger partial charge is 0.410 e. The Labute approximate surface area is 123 Å². The van der Waals surface area contributed by atoms with E-state index in [1.54, 1.807) is 0 Å². The second-order valence-electron chi connectivity index (χ2n) is 5.00. The molecule has 0 radical (unpaired) electrons. The van der Waals surface area contributed by atoms with E-state index in [2.05, 4.69) is 10.4 Å². The molecule has 1 aromatic heterocycles. The summed E-state index contributed by atoms with van der Waals surface area (Å²) in [4.78, 5) is 0. The minimum absolute atomic E-state index is 0.0328. The summed E-state index contributed by atoms with van der Waals surface area (Å²) in [5.41, 5.74) is 0.563. The van der Waals surface area contributed by atoms with E-state index in [0.29, 0.717) is 5.56 Å². The van der Waals surface area contributed by atoms with Gasteiger partial charge in [-0.3, -0.25) is 0 Å². The molecular formula is C14H10F4N4. The highest BCUT2D eigenvalue weighted by Gasteiger charge is 2.46. The van der Waals surface area contributed by atoms with Crippen LogP contribution in [0.15, 0.2) is 30.5 Å². The van der Waals surface area contributed by atoms with Crippen LogP contribution >= 0.6 is 0 Å². The smallest absolute Gasteiger partial charge is 0.362 e. The van der Waals surface area contributed by atoms with Crippen molar-refractivity contribution in [3.05, 3.63) is 47.4 Å². The van der Waals surface area contributed by atoms with Crippen molar-refractivity contribution in [2.45, 2.75) is 24.7 Å². The van der Waals surface area contributed by atoms with E-state index in [9.17, 15) is 17.6 Å². The van der Waals surface area contributed by atoms with E-state index in [1.807, 2.05) is 6.07 Å². The van der Waals surface area contributed by atoms with E-state index in [0.717, 1.165) is 10.9 Å². The maximum atomic E-state index is 13.3. The third kappa shape index (κ3) is 2.39. The van der Waals surface area contributed by atoms with Crippen LogP contribution in [0.3, 0.4) is 0 Å². The number of benzene rings is 1. The molecule has 3 rings (SSSR count). The molecule has 0 saturated heterocycles. The Kier molecular flexibility index (Phi) is 3.28.